The Bertz CT molecular complexity index is 242. The number of hydrogen-bond acceptors (Lipinski definition) is 3. The first-order chi connectivity index (χ1) is 5.04. The van der Waals surface area contributed by atoms with E-state index in [0.29, 0.717) is 5.88 Å². The van der Waals surface area contributed by atoms with Crippen LogP contribution < -0.4 is 0 Å². The number of alkyl halides is 1. The van der Waals surface area contributed by atoms with Crippen molar-refractivity contribution in [3.05, 3.63) is 10.8 Å². The van der Waals surface area contributed by atoms with Gasteiger partial charge in [-0.25, -0.2) is 4.98 Å². The van der Waals surface area contributed by atoms with Crippen LogP contribution in [0.5, 0.6) is 0 Å². The minimum atomic E-state index is 0. The molecular weight excluding hydrogens is 215 g/mol. The highest BCUT2D eigenvalue weighted by molar-refractivity contribution is 7.05. The van der Waals surface area contributed by atoms with E-state index >= 15 is 0 Å². The lowest BCUT2D eigenvalue weighted by Gasteiger charge is -2.11. The van der Waals surface area contributed by atoms with Crippen molar-refractivity contribution < 1.29 is 0 Å². The van der Waals surface area contributed by atoms with Crippen LogP contribution in [0.25, 0.3) is 0 Å². The zero-order valence-corrected chi connectivity index (χ0v) is 9.68. The fraction of sp³-hybridized carbons (Fsp3) is 0.714. The van der Waals surface area contributed by atoms with Gasteiger partial charge in [0.05, 0.1) is 5.88 Å². The molecule has 0 amide bonds. The van der Waals surface area contributed by atoms with Gasteiger partial charge in [0.1, 0.15) is 10.8 Å². The SMILES string of the molecule is CC(C)(C)c1nsc(CCl)n1.Cl. The van der Waals surface area contributed by atoms with E-state index in [9.17, 15) is 0 Å². The average Bonchev–Trinajstić information content (AvgIpc) is 2.32. The summed E-state index contributed by atoms with van der Waals surface area (Å²) in [5.74, 6) is 1.35. The smallest absolute Gasteiger partial charge is 0.147 e. The summed E-state index contributed by atoms with van der Waals surface area (Å²) < 4.78 is 4.20. The molecule has 1 heterocycles. The largest absolute Gasteiger partial charge is 0.223 e. The van der Waals surface area contributed by atoms with Gasteiger partial charge in [-0.1, -0.05) is 20.8 Å². The minimum Gasteiger partial charge on any atom is -0.223 e. The van der Waals surface area contributed by atoms with Crippen molar-refractivity contribution in [3.8, 4) is 0 Å². The van der Waals surface area contributed by atoms with Gasteiger partial charge in [-0.3, -0.25) is 0 Å². The van der Waals surface area contributed by atoms with Gasteiger partial charge in [-0.15, -0.1) is 24.0 Å². The van der Waals surface area contributed by atoms with E-state index in [2.05, 4.69) is 30.1 Å². The lowest BCUT2D eigenvalue weighted by atomic mass is 9.96. The average molecular weight is 227 g/mol. The fourth-order valence-corrected chi connectivity index (χ4v) is 1.50. The molecule has 5 heteroatoms. The summed E-state index contributed by atoms with van der Waals surface area (Å²) in [6.45, 7) is 6.27. The molecule has 0 aliphatic heterocycles. The third-order valence-corrected chi connectivity index (χ3v) is 2.38. The second-order valence-corrected chi connectivity index (χ2v) is 4.50. The molecule has 1 aromatic rings. The first kappa shape index (κ1) is 12.1. The van der Waals surface area contributed by atoms with Crippen LogP contribution >= 0.6 is 35.5 Å². The van der Waals surface area contributed by atoms with E-state index in [1.807, 2.05) is 0 Å². The van der Waals surface area contributed by atoms with Crippen LogP contribution in [0.3, 0.4) is 0 Å². The molecule has 0 radical (unpaired) electrons. The van der Waals surface area contributed by atoms with Crippen molar-refractivity contribution in [1.82, 2.24) is 9.36 Å². The minimum absolute atomic E-state index is 0. The Kier molecular flexibility index (Phi) is 4.45. The lowest BCUT2D eigenvalue weighted by molar-refractivity contribution is 0.553. The third-order valence-electron chi connectivity index (χ3n) is 1.25. The highest BCUT2D eigenvalue weighted by atomic mass is 35.5. The summed E-state index contributed by atoms with van der Waals surface area (Å²) in [5, 5.41) is 0.900. The molecule has 0 bridgehead atoms. The molecule has 0 fully saturated rings. The Hall–Kier alpha value is 0.140. The van der Waals surface area contributed by atoms with Crippen molar-refractivity contribution in [1.29, 1.82) is 0 Å². The molecule has 1 rings (SSSR count). The maximum absolute atomic E-state index is 5.60. The molecule has 0 saturated heterocycles. The number of rotatable bonds is 1. The molecule has 0 unspecified atom stereocenters. The Morgan fingerprint density at radius 3 is 2.25 bits per heavy atom. The number of hydrogen-bond donors (Lipinski definition) is 0. The van der Waals surface area contributed by atoms with Gasteiger partial charge in [0.25, 0.3) is 0 Å². The van der Waals surface area contributed by atoms with Crippen LogP contribution in [0, 0.1) is 0 Å². The standard InChI is InChI=1S/C7H11ClN2S.ClH/c1-7(2,3)6-9-5(4-8)11-10-6;/h4H2,1-3H3;1H. The quantitative estimate of drug-likeness (QED) is 0.689. The third kappa shape index (κ3) is 2.88. The molecule has 2 nitrogen and oxygen atoms in total. The zero-order chi connectivity index (χ0) is 8.48. The Morgan fingerprint density at radius 2 is 2.00 bits per heavy atom. The van der Waals surface area contributed by atoms with Crippen molar-refractivity contribution in [2.75, 3.05) is 0 Å². The molecule has 0 aliphatic rings. The molecule has 0 atom stereocenters. The van der Waals surface area contributed by atoms with E-state index in [4.69, 9.17) is 11.6 Å². The topological polar surface area (TPSA) is 25.8 Å². The molecular formula is C7H12Cl2N2S. The van der Waals surface area contributed by atoms with Crippen LogP contribution in [0.1, 0.15) is 31.6 Å². The van der Waals surface area contributed by atoms with E-state index in [1.165, 1.54) is 11.5 Å². The zero-order valence-electron chi connectivity index (χ0n) is 7.30. The fourth-order valence-electron chi connectivity index (χ4n) is 0.614. The van der Waals surface area contributed by atoms with Gasteiger partial charge in [0.15, 0.2) is 0 Å². The first-order valence-corrected chi connectivity index (χ1v) is 4.74. The van der Waals surface area contributed by atoms with Crippen LogP contribution in [-0.2, 0) is 11.3 Å². The van der Waals surface area contributed by atoms with Crippen molar-refractivity contribution in [3.63, 3.8) is 0 Å². The van der Waals surface area contributed by atoms with E-state index in [-0.39, 0.29) is 17.8 Å². The van der Waals surface area contributed by atoms with Gasteiger partial charge >= 0.3 is 0 Å². The summed E-state index contributed by atoms with van der Waals surface area (Å²) in [7, 11) is 0. The van der Waals surface area contributed by atoms with Crippen LogP contribution in [0.15, 0.2) is 0 Å². The van der Waals surface area contributed by atoms with Crippen molar-refractivity contribution in [2.45, 2.75) is 32.1 Å². The van der Waals surface area contributed by atoms with Gasteiger partial charge in [-0.05, 0) is 11.5 Å². The summed E-state index contributed by atoms with van der Waals surface area (Å²) >= 11 is 6.98. The Balaban J connectivity index is 0.00000121. The molecule has 70 valence electrons. The Morgan fingerprint density at radius 1 is 1.42 bits per heavy atom. The predicted octanol–water partition coefficient (Wildman–Crippen LogP) is 3.00. The van der Waals surface area contributed by atoms with E-state index in [1.54, 1.807) is 0 Å². The van der Waals surface area contributed by atoms with Gasteiger partial charge < -0.3 is 0 Å². The summed E-state index contributed by atoms with van der Waals surface area (Å²) in [5.41, 5.74) is 0.0425. The van der Waals surface area contributed by atoms with Crippen LogP contribution in [-0.4, -0.2) is 9.36 Å². The van der Waals surface area contributed by atoms with Gasteiger partial charge in [0.2, 0.25) is 0 Å². The second-order valence-electron chi connectivity index (χ2n) is 3.40. The molecule has 1 aromatic heterocycles. The van der Waals surface area contributed by atoms with Crippen molar-refractivity contribution >= 4 is 35.5 Å². The summed E-state index contributed by atoms with van der Waals surface area (Å²) in [6.07, 6.45) is 0. The van der Waals surface area contributed by atoms with Crippen LogP contribution in [0.4, 0.5) is 0 Å². The monoisotopic (exact) mass is 226 g/mol. The Labute approximate surface area is 87.9 Å². The molecule has 0 spiro atoms. The van der Waals surface area contributed by atoms with Gasteiger partial charge in [-0.2, -0.15) is 4.37 Å². The number of nitrogens with zero attached hydrogens (tertiary/aromatic N) is 2. The summed E-state index contributed by atoms with van der Waals surface area (Å²) in [6, 6.07) is 0. The normalized spacial score (nSPS) is 11.0. The van der Waals surface area contributed by atoms with Gasteiger partial charge in [0, 0.05) is 5.41 Å². The highest BCUT2D eigenvalue weighted by Crippen LogP contribution is 2.20. The van der Waals surface area contributed by atoms with Crippen LogP contribution in [0.2, 0.25) is 0 Å². The number of halogens is 2. The highest BCUT2D eigenvalue weighted by Gasteiger charge is 2.18. The second kappa shape index (κ2) is 4.40. The van der Waals surface area contributed by atoms with Crippen molar-refractivity contribution in [2.24, 2.45) is 0 Å². The predicted molar refractivity (Wildman–Crippen MR) is 55.4 cm³/mol. The molecule has 0 saturated carbocycles. The molecule has 0 aromatic carbocycles. The maximum atomic E-state index is 5.60. The lowest BCUT2D eigenvalue weighted by Crippen LogP contribution is -2.13. The number of aromatic nitrogens is 2. The summed E-state index contributed by atoms with van der Waals surface area (Å²) in [4.78, 5) is 4.28. The van der Waals surface area contributed by atoms with E-state index in [0.717, 1.165) is 10.8 Å². The first-order valence-electron chi connectivity index (χ1n) is 3.43. The van der Waals surface area contributed by atoms with E-state index < -0.39 is 0 Å². The maximum Gasteiger partial charge on any atom is 0.147 e. The molecule has 12 heavy (non-hydrogen) atoms. The molecule has 0 N–H and O–H groups in total. The molecule has 0 aliphatic carbocycles.